The topological polar surface area (TPSA) is 93.5 Å². The average molecular weight is 280 g/mol. The van der Waals surface area contributed by atoms with Crippen LogP contribution < -0.4 is 11.3 Å². The fourth-order valence-electron chi connectivity index (χ4n) is 2.73. The van der Waals surface area contributed by atoms with E-state index in [1.54, 1.807) is 0 Å². The van der Waals surface area contributed by atoms with Crippen molar-refractivity contribution in [2.24, 2.45) is 0 Å². The summed E-state index contributed by atoms with van der Waals surface area (Å²) in [6, 6.07) is 0. The Labute approximate surface area is 117 Å². The van der Waals surface area contributed by atoms with E-state index in [4.69, 9.17) is 15.2 Å². The first-order chi connectivity index (χ1) is 9.72. The number of H-pyrrole nitrogens is 1. The van der Waals surface area contributed by atoms with E-state index in [0.29, 0.717) is 26.4 Å². The minimum Gasteiger partial charge on any atom is -0.376 e. The normalized spacial score (nSPS) is 23.5. The number of nitrogens with one attached hydrogen (secondary N) is 1. The molecule has 1 atom stereocenters. The number of hydrogen-bond acceptors (Lipinski definition) is 6. The van der Waals surface area contributed by atoms with Gasteiger partial charge in [0.05, 0.1) is 31.6 Å². The van der Waals surface area contributed by atoms with E-state index >= 15 is 0 Å². The predicted octanol–water partition coefficient (Wildman–Crippen LogP) is -0.484. The summed E-state index contributed by atoms with van der Waals surface area (Å²) in [6.07, 6.45) is 1.84. The van der Waals surface area contributed by atoms with Crippen LogP contribution in [-0.4, -0.2) is 53.9 Å². The molecule has 0 spiro atoms. The summed E-state index contributed by atoms with van der Waals surface area (Å²) in [5.41, 5.74) is 7.07. The second kappa shape index (κ2) is 5.90. The van der Waals surface area contributed by atoms with Gasteiger partial charge in [-0.25, -0.2) is 4.98 Å². The van der Waals surface area contributed by atoms with Gasteiger partial charge in [0, 0.05) is 25.2 Å². The number of aromatic nitrogens is 2. The fraction of sp³-hybridized carbons (Fsp3) is 0.692. The van der Waals surface area contributed by atoms with Crippen molar-refractivity contribution < 1.29 is 9.47 Å². The van der Waals surface area contributed by atoms with Gasteiger partial charge in [-0.3, -0.25) is 14.7 Å². The van der Waals surface area contributed by atoms with Gasteiger partial charge in [-0.1, -0.05) is 0 Å². The van der Waals surface area contributed by atoms with Gasteiger partial charge in [0.15, 0.2) is 0 Å². The second-order valence-electron chi connectivity index (χ2n) is 5.26. The van der Waals surface area contributed by atoms with Gasteiger partial charge in [-0.2, -0.15) is 0 Å². The van der Waals surface area contributed by atoms with Crippen molar-refractivity contribution in [1.29, 1.82) is 0 Å². The van der Waals surface area contributed by atoms with Crippen LogP contribution in [0.2, 0.25) is 0 Å². The van der Waals surface area contributed by atoms with Crippen molar-refractivity contribution in [3.05, 3.63) is 21.6 Å². The molecule has 3 N–H and O–H groups in total. The van der Waals surface area contributed by atoms with E-state index in [2.05, 4.69) is 14.9 Å². The molecular formula is C13H20N4O3. The van der Waals surface area contributed by atoms with Gasteiger partial charge in [0.25, 0.3) is 5.56 Å². The van der Waals surface area contributed by atoms with Gasteiger partial charge in [-0.05, 0) is 12.8 Å². The number of fused-ring (bicyclic) bond motifs is 1. The Morgan fingerprint density at radius 1 is 1.45 bits per heavy atom. The van der Waals surface area contributed by atoms with Crippen LogP contribution in [0.25, 0.3) is 0 Å². The first-order valence-electron chi connectivity index (χ1n) is 7.01. The van der Waals surface area contributed by atoms with Crippen molar-refractivity contribution >= 4 is 5.95 Å². The summed E-state index contributed by atoms with van der Waals surface area (Å²) in [4.78, 5) is 20.8. The Morgan fingerprint density at radius 2 is 2.35 bits per heavy atom. The number of ether oxygens (including phenoxy) is 2. The van der Waals surface area contributed by atoms with Gasteiger partial charge < -0.3 is 15.2 Å². The van der Waals surface area contributed by atoms with Crippen LogP contribution in [0.1, 0.15) is 17.7 Å². The molecule has 1 unspecified atom stereocenters. The molecule has 3 rings (SSSR count). The third-order valence-electron chi connectivity index (χ3n) is 3.82. The van der Waals surface area contributed by atoms with E-state index in [0.717, 1.165) is 37.2 Å². The summed E-state index contributed by atoms with van der Waals surface area (Å²) in [5, 5.41) is 0. The van der Waals surface area contributed by atoms with E-state index in [9.17, 15) is 4.79 Å². The number of aromatic amines is 1. The highest BCUT2D eigenvalue weighted by Crippen LogP contribution is 2.15. The Bertz CT molecular complexity index is 525. The predicted molar refractivity (Wildman–Crippen MR) is 73.4 cm³/mol. The van der Waals surface area contributed by atoms with Crippen LogP contribution in [0.15, 0.2) is 4.79 Å². The molecular weight excluding hydrogens is 260 g/mol. The minimum absolute atomic E-state index is 0.101. The summed E-state index contributed by atoms with van der Waals surface area (Å²) in [6.45, 7) is 4.52. The highest BCUT2D eigenvalue weighted by molar-refractivity contribution is 5.27. The van der Waals surface area contributed by atoms with Crippen molar-refractivity contribution in [1.82, 2.24) is 14.9 Å². The van der Waals surface area contributed by atoms with Crippen LogP contribution in [0.4, 0.5) is 5.95 Å². The standard InChI is InChI=1S/C13H20N4O3/c14-13-15-11-7-17(4-2-10(11)12(18)16-13)3-1-9-8-19-5-6-20-9/h9H,1-8H2,(H3,14,15,16,18). The minimum atomic E-state index is -0.101. The first-order valence-corrected chi connectivity index (χ1v) is 7.01. The van der Waals surface area contributed by atoms with Gasteiger partial charge >= 0.3 is 0 Å². The average Bonchev–Trinajstić information content (AvgIpc) is 2.45. The fourth-order valence-corrected chi connectivity index (χ4v) is 2.73. The molecule has 0 saturated carbocycles. The van der Waals surface area contributed by atoms with E-state index in [1.807, 2.05) is 0 Å². The summed E-state index contributed by atoms with van der Waals surface area (Å²) < 4.78 is 11.0. The van der Waals surface area contributed by atoms with Gasteiger partial charge in [0.1, 0.15) is 0 Å². The highest BCUT2D eigenvalue weighted by atomic mass is 16.6. The number of nitrogen functional groups attached to an aromatic ring is 1. The molecule has 1 aromatic rings. The first kappa shape index (κ1) is 13.5. The quantitative estimate of drug-likeness (QED) is 0.776. The molecule has 0 aromatic carbocycles. The maximum Gasteiger partial charge on any atom is 0.255 e. The summed E-state index contributed by atoms with van der Waals surface area (Å²) in [7, 11) is 0. The zero-order valence-corrected chi connectivity index (χ0v) is 11.4. The van der Waals surface area contributed by atoms with E-state index in [1.165, 1.54) is 0 Å². The molecule has 2 aliphatic heterocycles. The summed E-state index contributed by atoms with van der Waals surface area (Å²) in [5.74, 6) is 0.194. The zero-order chi connectivity index (χ0) is 13.9. The molecule has 20 heavy (non-hydrogen) atoms. The Hall–Kier alpha value is -1.44. The van der Waals surface area contributed by atoms with Crippen molar-refractivity contribution in [3.63, 3.8) is 0 Å². The maximum atomic E-state index is 11.8. The molecule has 7 heteroatoms. The Kier molecular flexibility index (Phi) is 4.00. The lowest BCUT2D eigenvalue weighted by Crippen LogP contribution is -2.38. The maximum absolute atomic E-state index is 11.8. The Balaban J connectivity index is 1.59. The third kappa shape index (κ3) is 3.00. The molecule has 2 aliphatic rings. The molecule has 0 aliphatic carbocycles. The van der Waals surface area contributed by atoms with Gasteiger partial charge in [0.2, 0.25) is 5.95 Å². The molecule has 1 fully saturated rings. The number of anilines is 1. The zero-order valence-electron chi connectivity index (χ0n) is 11.4. The van der Waals surface area contributed by atoms with Crippen molar-refractivity contribution in [3.8, 4) is 0 Å². The van der Waals surface area contributed by atoms with Crippen molar-refractivity contribution in [2.75, 3.05) is 38.6 Å². The van der Waals surface area contributed by atoms with E-state index < -0.39 is 0 Å². The molecule has 7 nitrogen and oxygen atoms in total. The van der Waals surface area contributed by atoms with Crippen LogP contribution >= 0.6 is 0 Å². The molecule has 110 valence electrons. The lowest BCUT2D eigenvalue weighted by atomic mass is 10.1. The molecule has 0 bridgehead atoms. The number of nitrogens with two attached hydrogens (primary N) is 1. The van der Waals surface area contributed by atoms with E-state index in [-0.39, 0.29) is 17.6 Å². The molecule has 0 radical (unpaired) electrons. The monoisotopic (exact) mass is 280 g/mol. The lowest BCUT2D eigenvalue weighted by Gasteiger charge is -2.30. The van der Waals surface area contributed by atoms with Crippen LogP contribution in [0.3, 0.4) is 0 Å². The lowest BCUT2D eigenvalue weighted by molar-refractivity contribution is -0.0929. The second-order valence-corrected chi connectivity index (χ2v) is 5.26. The van der Waals surface area contributed by atoms with Crippen molar-refractivity contribution in [2.45, 2.75) is 25.5 Å². The van der Waals surface area contributed by atoms with Crippen LogP contribution in [-0.2, 0) is 22.4 Å². The van der Waals surface area contributed by atoms with Crippen LogP contribution in [0, 0.1) is 0 Å². The molecule has 1 aromatic heterocycles. The molecule has 0 amide bonds. The highest BCUT2D eigenvalue weighted by Gasteiger charge is 2.22. The van der Waals surface area contributed by atoms with Gasteiger partial charge in [-0.15, -0.1) is 0 Å². The third-order valence-corrected chi connectivity index (χ3v) is 3.82. The number of nitrogens with zero attached hydrogens (tertiary/aromatic N) is 2. The van der Waals surface area contributed by atoms with Crippen LogP contribution in [0.5, 0.6) is 0 Å². The number of hydrogen-bond donors (Lipinski definition) is 2. The molecule has 1 saturated heterocycles. The summed E-state index contributed by atoms with van der Waals surface area (Å²) >= 11 is 0. The number of rotatable bonds is 3. The largest absolute Gasteiger partial charge is 0.376 e. The molecule has 3 heterocycles. The smallest absolute Gasteiger partial charge is 0.255 e. The SMILES string of the molecule is Nc1nc2c(c(=O)[nH]1)CCN(CCC1COCCO1)C2. The Morgan fingerprint density at radius 3 is 3.15 bits per heavy atom.